The number of aromatic nitrogens is 3. The summed E-state index contributed by atoms with van der Waals surface area (Å²) in [6.07, 6.45) is 2.94. The van der Waals surface area contributed by atoms with Gasteiger partial charge in [0, 0.05) is 17.1 Å². The third kappa shape index (κ3) is 4.44. The van der Waals surface area contributed by atoms with Crippen LogP contribution in [0.1, 0.15) is 5.56 Å². The van der Waals surface area contributed by atoms with E-state index in [0.717, 1.165) is 0 Å². The van der Waals surface area contributed by atoms with Crippen LogP contribution in [0.4, 0.5) is 10.1 Å². The highest BCUT2D eigenvalue weighted by Crippen LogP contribution is 2.24. The first-order chi connectivity index (χ1) is 12.5. The van der Waals surface area contributed by atoms with Gasteiger partial charge in [-0.25, -0.2) is 14.1 Å². The molecule has 134 valence electrons. The minimum atomic E-state index is -0.289. The molecule has 0 saturated heterocycles. The first kappa shape index (κ1) is 18.0. The van der Waals surface area contributed by atoms with E-state index in [1.54, 1.807) is 48.3 Å². The van der Waals surface area contributed by atoms with E-state index in [2.05, 4.69) is 15.4 Å². The predicted octanol–water partition coefficient (Wildman–Crippen LogP) is 3.13. The molecule has 3 rings (SSSR count). The van der Waals surface area contributed by atoms with E-state index in [1.807, 2.05) is 0 Å². The molecule has 0 bridgehead atoms. The average molecular weight is 374 g/mol. The van der Waals surface area contributed by atoms with Gasteiger partial charge in [0.1, 0.15) is 18.5 Å². The second-order valence-electron chi connectivity index (χ2n) is 5.81. The normalized spacial score (nSPS) is 10.9. The Hall–Kier alpha value is -2.77. The molecule has 6 nitrogen and oxygen atoms in total. The fourth-order valence-electron chi connectivity index (χ4n) is 2.55. The zero-order valence-corrected chi connectivity index (χ0v) is 14.8. The third-order valence-corrected chi connectivity index (χ3v) is 3.94. The third-order valence-electron chi connectivity index (χ3n) is 3.71. The summed E-state index contributed by atoms with van der Waals surface area (Å²) in [5.74, 6) is -0.532. The summed E-state index contributed by atoms with van der Waals surface area (Å²) in [5, 5.41) is 7.38. The van der Waals surface area contributed by atoms with E-state index in [4.69, 9.17) is 11.6 Å². The van der Waals surface area contributed by atoms with Gasteiger partial charge in [0.25, 0.3) is 0 Å². The van der Waals surface area contributed by atoms with E-state index in [-0.39, 0.29) is 18.3 Å². The lowest BCUT2D eigenvalue weighted by atomic mass is 10.2. The number of amides is 1. The summed E-state index contributed by atoms with van der Waals surface area (Å²) >= 11 is 6.04. The Balaban J connectivity index is 1.68. The van der Waals surface area contributed by atoms with E-state index in [1.165, 1.54) is 23.4 Å². The number of hydrogen-bond donors (Lipinski definition) is 1. The van der Waals surface area contributed by atoms with Gasteiger partial charge in [-0.2, -0.15) is 5.10 Å². The van der Waals surface area contributed by atoms with Crippen molar-refractivity contribution in [2.45, 2.75) is 6.54 Å². The lowest BCUT2D eigenvalue weighted by Crippen LogP contribution is -2.30. The molecule has 26 heavy (non-hydrogen) atoms. The maximum atomic E-state index is 13.7. The lowest BCUT2D eigenvalue weighted by molar-refractivity contribution is -0.117. The highest BCUT2D eigenvalue weighted by atomic mass is 35.5. The van der Waals surface area contributed by atoms with Gasteiger partial charge in [-0.15, -0.1) is 0 Å². The number of likely N-dealkylation sites (N-methyl/N-ethyl adjacent to an activating group) is 1. The van der Waals surface area contributed by atoms with Crippen LogP contribution in [-0.2, 0) is 11.3 Å². The second kappa shape index (κ2) is 8.07. The Bertz CT molecular complexity index is 900. The first-order valence-electron chi connectivity index (χ1n) is 7.89. The summed E-state index contributed by atoms with van der Waals surface area (Å²) in [7, 11) is 1.75. The van der Waals surface area contributed by atoms with Crippen molar-refractivity contribution in [2.75, 3.05) is 18.9 Å². The summed E-state index contributed by atoms with van der Waals surface area (Å²) in [5.41, 5.74) is 1.71. The Morgan fingerprint density at radius 3 is 2.85 bits per heavy atom. The molecular weight excluding hydrogens is 357 g/mol. The van der Waals surface area contributed by atoms with Crippen LogP contribution in [0, 0.1) is 5.82 Å². The monoisotopic (exact) mass is 373 g/mol. The summed E-state index contributed by atoms with van der Waals surface area (Å²) in [6, 6.07) is 11.6. The molecule has 3 aromatic rings. The minimum absolute atomic E-state index is 0.0949. The van der Waals surface area contributed by atoms with Gasteiger partial charge in [-0.05, 0) is 31.3 Å². The van der Waals surface area contributed by atoms with Crippen molar-refractivity contribution >= 4 is 23.2 Å². The van der Waals surface area contributed by atoms with Crippen LogP contribution in [-0.4, -0.2) is 39.2 Å². The van der Waals surface area contributed by atoms with Crippen molar-refractivity contribution in [1.82, 2.24) is 19.7 Å². The van der Waals surface area contributed by atoms with Crippen LogP contribution in [0.15, 0.2) is 55.1 Å². The number of anilines is 1. The molecule has 1 amide bonds. The molecule has 0 radical (unpaired) electrons. The van der Waals surface area contributed by atoms with Gasteiger partial charge in [0.15, 0.2) is 0 Å². The van der Waals surface area contributed by atoms with Crippen molar-refractivity contribution in [3.8, 4) is 5.69 Å². The van der Waals surface area contributed by atoms with Crippen molar-refractivity contribution in [1.29, 1.82) is 0 Å². The van der Waals surface area contributed by atoms with Gasteiger partial charge >= 0.3 is 0 Å². The van der Waals surface area contributed by atoms with Gasteiger partial charge in [-0.1, -0.05) is 29.8 Å². The van der Waals surface area contributed by atoms with E-state index in [0.29, 0.717) is 28.5 Å². The molecule has 2 aromatic carbocycles. The van der Waals surface area contributed by atoms with Crippen LogP contribution in [0.5, 0.6) is 0 Å². The molecule has 0 fully saturated rings. The molecule has 1 N–H and O–H groups in total. The zero-order valence-electron chi connectivity index (χ0n) is 14.1. The molecule has 1 aromatic heterocycles. The van der Waals surface area contributed by atoms with Crippen LogP contribution in [0.2, 0.25) is 5.02 Å². The van der Waals surface area contributed by atoms with Gasteiger partial charge in [0.05, 0.1) is 17.9 Å². The molecule has 0 atom stereocenters. The van der Waals surface area contributed by atoms with Crippen molar-refractivity contribution < 1.29 is 9.18 Å². The molecule has 0 aliphatic rings. The Morgan fingerprint density at radius 1 is 1.31 bits per heavy atom. The second-order valence-corrected chi connectivity index (χ2v) is 6.25. The highest BCUT2D eigenvalue weighted by Gasteiger charge is 2.13. The molecular formula is C18H17ClFN5O. The Labute approximate surface area is 155 Å². The maximum Gasteiger partial charge on any atom is 0.238 e. The van der Waals surface area contributed by atoms with Gasteiger partial charge in [-0.3, -0.25) is 9.69 Å². The van der Waals surface area contributed by atoms with Gasteiger partial charge in [0.2, 0.25) is 5.91 Å². The summed E-state index contributed by atoms with van der Waals surface area (Å²) < 4.78 is 15.3. The number of nitrogens with one attached hydrogen (secondary N) is 1. The van der Waals surface area contributed by atoms with Crippen LogP contribution >= 0.6 is 11.6 Å². The number of hydrogen-bond acceptors (Lipinski definition) is 4. The Morgan fingerprint density at radius 2 is 2.12 bits per heavy atom. The number of nitrogens with zero attached hydrogens (tertiary/aromatic N) is 4. The number of carbonyl (C=O) groups is 1. The summed E-state index contributed by atoms with van der Waals surface area (Å²) in [4.78, 5) is 18.0. The summed E-state index contributed by atoms with van der Waals surface area (Å²) in [6.45, 7) is 0.420. The van der Waals surface area contributed by atoms with Crippen molar-refractivity contribution in [3.63, 3.8) is 0 Å². The molecule has 0 spiro atoms. The average Bonchev–Trinajstić information content (AvgIpc) is 3.11. The number of benzene rings is 2. The van der Waals surface area contributed by atoms with Crippen LogP contribution in [0.3, 0.4) is 0 Å². The number of rotatable bonds is 6. The molecule has 0 aliphatic carbocycles. The predicted molar refractivity (Wildman–Crippen MR) is 97.7 cm³/mol. The fraction of sp³-hybridized carbons (Fsp3) is 0.167. The topological polar surface area (TPSA) is 63.1 Å². The van der Waals surface area contributed by atoms with Gasteiger partial charge < -0.3 is 5.32 Å². The van der Waals surface area contributed by atoms with E-state index >= 15 is 0 Å². The molecule has 0 aliphatic heterocycles. The molecule has 0 unspecified atom stereocenters. The van der Waals surface area contributed by atoms with Crippen LogP contribution < -0.4 is 5.32 Å². The number of carbonyl (C=O) groups excluding carboxylic acids is 1. The van der Waals surface area contributed by atoms with E-state index < -0.39 is 0 Å². The van der Waals surface area contributed by atoms with Crippen molar-refractivity contribution in [2.24, 2.45) is 0 Å². The molecule has 1 heterocycles. The maximum absolute atomic E-state index is 13.7. The van der Waals surface area contributed by atoms with Crippen LogP contribution in [0.25, 0.3) is 5.69 Å². The zero-order chi connectivity index (χ0) is 18.5. The first-order valence-corrected chi connectivity index (χ1v) is 8.27. The largest absolute Gasteiger partial charge is 0.323 e. The minimum Gasteiger partial charge on any atom is -0.323 e. The van der Waals surface area contributed by atoms with Crippen molar-refractivity contribution in [3.05, 3.63) is 71.5 Å². The highest BCUT2D eigenvalue weighted by molar-refractivity contribution is 6.31. The lowest BCUT2D eigenvalue weighted by Gasteiger charge is -2.18. The fourth-order valence-corrected chi connectivity index (χ4v) is 2.72. The number of halogens is 2. The molecule has 8 heteroatoms. The quantitative estimate of drug-likeness (QED) is 0.721. The smallest absolute Gasteiger partial charge is 0.238 e. The standard InChI is InChI=1S/C18H17ClFN5O/c1-24(9-13-4-2-3-5-15(13)20)10-18(26)23-16-8-14(19)6-7-17(16)25-12-21-11-22-25/h2-8,11-12H,9-10H2,1H3,(H,23,26). The van der Waals surface area contributed by atoms with E-state index in [9.17, 15) is 9.18 Å². The SMILES string of the molecule is CN(CC(=O)Nc1cc(Cl)ccc1-n1cncn1)Cc1ccccc1F. The Kier molecular flexibility index (Phi) is 5.60. The molecule has 0 saturated carbocycles.